The fourth-order valence-corrected chi connectivity index (χ4v) is 6.60. The lowest BCUT2D eigenvalue weighted by Gasteiger charge is -2.41. The average molecular weight is 574 g/mol. The summed E-state index contributed by atoms with van der Waals surface area (Å²) in [6.45, 7) is 5.65. The number of benzene rings is 4. The van der Waals surface area contributed by atoms with E-state index in [0.717, 1.165) is 37.2 Å². The molecule has 0 N–H and O–H groups in total. The van der Waals surface area contributed by atoms with Gasteiger partial charge in [-0.15, -0.1) is 0 Å². The van der Waals surface area contributed by atoms with Crippen LogP contribution in [0.15, 0.2) is 115 Å². The van der Waals surface area contributed by atoms with Crippen molar-refractivity contribution in [3.63, 3.8) is 0 Å². The third-order valence-electron chi connectivity index (χ3n) is 8.77. The molecule has 43 heavy (non-hydrogen) atoms. The van der Waals surface area contributed by atoms with Crippen LogP contribution in [0.5, 0.6) is 0 Å². The number of anilines is 1. The molecule has 5 rings (SSSR count). The largest absolute Gasteiger partial charge is 0.458 e. The van der Waals surface area contributed by atoms with E-state index < -0.39 is 11.5 Å². The maximum Gasteiger partial charge on any atom is 0.317 e. The van der Waals surface area contributed by atoms with Gasteiger partial charge in [0.05, 0.1) is 0 Å². The van der Waals surface area contributed by atoms with E-state index in [-0.39, 0.29) is 24.1 Å². The first-order valence-electron chi connectivity index (χ1n) is 15.7. The lowest BCUT2D eigenvalue weighted by Crippen LogP contribution is -2.49. The van der Waals surface area contributed by atoms with Gasteiger partial charge in [-0.05, 0) is 60.1 Å². The van der Waals surface area contributed by atoms with Crippen LogP contribution in [0.1, 0.15) is 74.1 Å². The Hall–Kier alpha value is -4.18. The first-order valence-corrected chi connectivity index (χ1v) is 15.7. The zero-order valence-electron chi connectivity index (χ0n) is 25.5. The van der Waals surface area contributed by atoms with E-state index in [4.69, 9.17) is 4.74 Å². The number of hydrogen-bond acceptors (Lipinski definition) is 4. The number of Topliss-reactive ketones (excluding diaryl/α,β-unsaturated/α-hetero) is 1. The predicted molar refractivity (Wildman–Crippen MR) is 174 cm³/mol. The summed E-state index contributed by atoms with van der Waals surface area (Å²) in [6.07, 6.45) is 3.97. The molecular formula is C39H43NO3. The second-order valence-electron chi connectivity index (χ2n) is 11.9. The number of esters is 1. The van der Waals surface area contributed by atoms with Crippen molar-refractivity contribution in [3.8, 4) is 0 Å². The normalized spacial score (nSPS) is 19.1. The van der Waals surface area contributed by atoms with Gasteiger partial charge >= 0.3 is 5.97 Å². The fraction of sp³-hybridized carbons (Fsp3) is 0.333. The van der Waals surface area contributed by atoms with Crippen LogP contribution >= 0.6 is 0 Å². The van der Waals surface area contributed by atoms with Gasteiger partial charge in [-0.3, -0.25) is 9.59 Å². The molecule has 1 unspecified atom stereocenters. The van der Waals surface area contributed by atoms with Crippen LogP contribution in [0.4, 0.5) is 5.69 Å². The van der Waals surface area contributed by atoms with Crippen molar-refractivity contribution < 1.29 is 14.3 Å². The highest BCUT2D eigenvalue weighted by atomic mass is 16.6. The van der Waals surface area contributed by atoms with E-state index in [2.05, 4.69) is 104 Å². The summed E-state index contributed by atoms with van der Waals surface area (Å²) in [6, 6.07) is 39.6. The van der Waals surface area contributed by atoms with Gasteiger partial charge in [-0.1, -0.05) is 123 Å². The third kappa shape index (κ3) is 7.62. The summed E-state index contributed by atoms with van der Waals surface area (Å²) in [4.78, 5) is 30.0. The van der Waals surface area contributed by atoms with E-state index >= 15 is 0 Å². The molecule has 0 saturated carbocycles. The lowest BCUT2D eigenvalue weighted by atomic mass is 9.74. The molecule has 4 aromatic rings. The van der Waals surface area contributed by atoms with Gasteiger partial charge < -0.3 is 9.64 Å². The van der Waals surface area contributed by atoms with Crippen LogP contribution in [0.25, 0.3) is 0 Å². The smallest absolute Gasteiger partial charge is 0.317 e. The van der Waals surface area contributed by atoms with Crippen molar-refractivity contribution in [1.29, 1.82) is 0 Å². The van der Waals surface area contributed by atoms with Gasteiger partial charge in [0.15, 0.2) is 5.78 Å². The van der Waals surface area contributed by atoms with Crippen molar-refractivity contribution in [2.24, 2.45) is 5.92 Å². The number of rotatable bonds is 13. The summed E-state index contributed by atoms with van der Waals surface area (Å²) in [7, 11) is 0. The van der Waals surface area contributed by atoms with E-state index in [9.17, 15) is 9.59 Å². The second-order valence-corrected chi connectivity index (χ2v) is 11.9. The van der Waals surface area contributed by atoms with Crippen LogP contribution < -0.4 is 4.90 Å². The molecule has 0 radical (unpaired) electrons. The molecule has 0 bridgehead atoms. The highest BCUT2D eigenvalue weighted by Gasteiger charge is 2.48. The second kappa shape index (κ2) is 14.3. The maximum absolute atomic E-state index is 13.9. The molecule has 1 fully saturated rings. The molecule has 4 nitrogen and oxygen atoms in total. The molecule has 4 heteroatoms. The number of carbonyl (C=O) groups is 2. The monoisotopic (exact) mass is 573 g/mol. The number of hydrogen-bond donors (Lipinski definition) is 0. The van der Waals surface area contributed by atoms with E-state index in [1.807, 2.05) is 30.3 Å². The maximum atomic E-state index is 13.9. The molecule has 0 aromatic heterocycles. The quantitative estimate of drug-likeness (QED) is 0.119. The summed E-state index contributed by atoms with van der Waals surface area (Å²) in [5.41, 5.74) is 5.01. The third-order valence-corrected chi connectivity index (χ3v) is 8.77. The van der Waals surface area contributed by atoms with Crippen molar-refractivity contribution in [1.82, 2.24) is 0 Å². The standard InChI is InChI=1S/C39H43NO3/c1-3-24-39(25-23-30-15-8-5-9-16-30)27-36(41)37(38(42)43-39)35(4-2)33-21-14-22-34(26-33)40(28-31-17-10-6-11-18-31)29-32-19-12-7-13-20-32/h5-22,26,35,37H,3-4,23-25,27-29H2,1-2H3/t35-,37?,39-/m0/s1. The molecule has 222 valence electrons. The number of ether oxygens (including phenoxy) is 1. The SMILES string of the molecule is CCC[C@]1(CCc2ccccc2)CC(=O)C([C@@H](CC)c2cccc(N(Cc3ccccc3)Cc3ccccc3)c2)C(=O)O1. The van der Waals surface area contributed by atoms with Gasteiger partial charge in [0, 0.05) is 31.1 Å². The Bertz CT molecular complexity index is 1410. The minimum absolute atomic E-state index is 0.0143. The van der Waals surface area contributed by atoms with E-state index in [1.54, 1.807) is 0 Å². The highest BCUT2D eigenvalue weighted by molar-refractivity contribution is 6.02. The van der Waals surface area contributed by atoms with Gasteiger partial charge in [0.1, 0.15) is 11.5 Å². The highest BCUT2D eigenvalue weighted by Crippen LogP contribution is 2.41. The summed E-state index contributed by atoms with van der Waals surface area (Å²) < 4.78 is 6.29. The Morgan fingerprint density at radius 3 is 1.86 bits per heavy atom. The summed E-state index contributed by atoms with van der Waals surface area (Å²) in [5.74, 6) is -1.36. The Labute approximate surface area is 256 Å². The fourth-order valence-electron chi connectivity index (χ4n) is 6.60. The van der Waals surface area contributed by atoms with Crippen LogP contribution in [-0.4, -0.2) is 17.4 Å². The molecule has 1 aliphatic heterocycles. The predicted octanol–water partition coefficient (Wildman–Crippen LogP) is 8.69. The minimum Gasteiger partial charge on any atom is -0.458 e. The number of nitrogens with zero attached hydrogens (tertiary/aromatic N) is 1. The minimum atomic E-state index is -0.779. The summed E-state index contributed by atoms with van der Waals surface area (Å²) >= 11 is 0. The molecule has 3 atom stereocenters. The number of carbonyl (C=O) groups excluding carboxylic acids is 2. The molecule has 1 saturated heterocycles. The van der Waals surface area contributed by atoms with Crippen LogP contribution in [0.3, 0.4) is 0 Å². The molecule has 1 aliphatic rings. The van der Waals surface area contributed by atoms with Crippen LogP contribution in [0.2, 0.25) is 0 Å². The molecule has 0 aliphatic carbocycles. The molecule has 4 aromatic carbocycles. The van der Waals surface area contributed by atoms with Crippen LogP contribution in [0, 0.1) is 5.92 Å². The Morgan fingerprint density at radius 2 is 1.33 bits per heavy atom. The molecule has 1 heterocycles. The van der Waals surface area contributed by atoms with Crippen molar-refractivity contribution >= 4 is 17.4 Å². The number of cyclic esters (lactones) is 1. The first-order chi connectivity index (χ1) is 21.0. The number of ketones is 1. The van der Waals surface area contributed by atoms with E-state index in [0.29, 0.717) is 19.3 Å². The summed E-state index contributed by atoms with van der Waals surface area (Å²) in [5, 5.41) is 0. The zero-order chi connectivity index (χ0) is 30.1. The molecular weight excluding hydrogens is 530 g/mol. The van der Waals surface area contributed by atoms with E-state index in [1.165, 1.54) is 16.7 Å². The van der Waals surface area contributed by atoms with Gasteiger partial charge in [0.25, 0.3) is 0 Å². The van der Waals surface area contributed by atoms with Crippen molar-refractivity contribution in [2.75, 3.05) is 4.90 Å². The Balaban J connectivity index is 1.38. The van der Waals surface area contributed by atoms with Crippen molar-refractivity contribution in [2.45, 2.75) is 77.0 Å². The lowest BCUT2D eigenvalue weighted by molar-refractivity contribution is -0.180. The first kappa shape index (κ1) is 30.3. The zero-order valence-corrected chi connectivity index (χ0v) is 25.5. The van der Waals surface area contributed by atoms with Gasteiger partial charge in [0.2, 0.25) is 0 Å². The molecule has 0 amide bonds. The number of aryl methyl sites for hydroxylation is 1. The Kier molecular flexibility index (Phi) is 10.1. The van der Waals surface area contributed by atoms with Crippen LogP contribution in [-0.2, 0) is 33.8 Å². The van der Waals surface area contributed by atoms with Gasteiger partial charge in [-0.25, -0.2) is 0 Å². The Morgan fingerprint density at radius 1 is 0.744 bits per heavy atom. The van der Waals surface area contributed by atoms with Crippen molar-refractivity contribution in [3.05, 3.63) is 138 Å². The molecule has 0 spiro atoms. The average Bonchev–Trinajstić information content (AvgIpc) is 3.03. The topological polar surface area (TPSA) is 46.6 Å². The van der Waals surface area contributed by atoms with Gasteiger partial charge in [-0.2, -0.15) is 0 Å².